The molecule has 0 saturated carbocycles. The van der Waals surface area contributed by atoms with Gasteiger partial charge in [0.2, 0.25) is 0 Å². The Morgan fingerprint density at radius 2 is 2.26 bits per heavy atom. The van der Waals surface area contributed by atoms with Crippen molar-refractivity contribution >= 4 is 6.09 Å². The molecule has 1 amide bonds. The molecule has 0 aliphatic rings. The maximum atomic E-state index is 11.6. The SMILES string of the molecule is CCOc1cccc(COC(=O)N(C)CCC#N)c1. The minimum Gasteiger partial charge on any atom is -0.494 e. The fraction of sp³-hybridized carbons (Fsp3) is 0.429. The zero-order valence-corrected chi connectivity index (χ0v) is 11.3. The van der Waals surface area contributed by atoms with E-state index in [1.807, 2.05) is 37.3 Å². The van der Waals surface area contributed by atoms with Gasteiger partial charge in [-0.3, -0.25) is 0 Å². The fourth-order valence-corrected chi connectivity index (χ4v) is 1.46. The van der Waals surface area contributed by atoms with Crippen LogP contribution in [0.4, 0.5) is 4.79 Å². The molecule has 0 spiro atoms. The molecule has 0 aliphatic carbocycles. The van der Waals surface area contributed by atoms with Crippen molar-refractivity contribution in [1.82, 2.24) is 4.90 Å². The van der Waals surface area contributed by atoms with E-state index < -0.39 is 6.09 Å². The molecule has 0 radical (unpaired) electrons. The molecule has 0 aromatic heterocycles. The quantitative estimate of drug-likeness (QED) is 0.790. The molecule has 102 valence electrons. The average Bonchev–Trinajstić information content (AvgIpc) is 2.43. The predicted octanol–water partition coefficient (Wildman–Crippen LogP) is 2.57. The van der Waals surface area contributed by atoms with E-state index in [0.29, 0.717) is 19.6 Å². The highest BCUT2D eigenvalue weighted by Crippen LogP contribution is 2.14. The summed E-state index contributed by atoms with van der Waals surface area (Å²) in [7, 11) is 1.61. The van der Waals surface area contributed by atoms with Gasteiger partial charge in [-0.05, 0) is 24.6 Å². The lowest BCUT2D eigenvalue weighted by atomic mass is 10.2. The van der Waals surface area contributed by atoms with E-state index in [9.17, 15) is 4.79 Å². The Labute approximate surface area is 113 Å². The molecule has 1 rings (SSSR count). The molecule has 0 fully saturated rings. The minimum absolute atomic E-state index is 0.191. The number of carbonyl (C=O) groups excluding carboxylic acids is 1. The number of carbonyl (C=O) groups is 1. The maximum absolute atomic E-state index is 11.6. The van der Waals surface area contributed by atoms with Crippen LogP contribution in [0.3, 0.4) is 0 Å². The molecule has 0 aliphatic heterocycles. The van der Waals surface area contributed by atoms with Gasteiger partial charge in [0.05, 0.1) is 19.1 Å². The van der Waals surface area contributed by atoms with Crippen molar-refractivity contribution in [1.29, 1.82) is 5.26 Å². The van der Waals surface area contributed by atoms with Crippen molar-refractivity contribution < 1.29 is 14.3 Å². The second-order valence-electron chi connectivity index (χ2n) is 3.96. The third-order valence-corrected chi connectivity index (χ3v) is 2.44. The van der Waals surface area contributed by atoms with Crippen LogP contribution in [0.1, 0.15) is 18.9 Å². The van der Waals surface area contributed by atoms with Crippen LogP contribution in [-0.2, 0) is 11.3 Å². The van der Waals surface area contributed by atoms with Gasteiger partial charge in [0.25, 0.3) is 0 Å². The molecule has 5 nitrogen and oxygen atoms in total. The van der Waals surface area contributed by atoms with Crippen molar-refractivity contribution in [2.24, 2.45) is 0 Å². The Hall–Kier alpha value is -2.22. The molecule has 1 aromatic rings. The summed E-state index contributed by atoms with van der Waals surface area (Å²) in [5.74, 6) is 0.758. The zero-order valence-electron chi connectivity index (χ0n) is 11.3. The molecule has 0 N–H and O–H groups in total. The van der Waals surface area contributed by atoms with Gasteiger partial charge in [0, 0.05) is 13.6 Å². The highest BCUT2D eigenvalue weighted by Gasteiger charge is 2.09. The van der Waals surface area contributed by atoms with Gasteiger partial charge in [0.1, 0.15) is 12.4 Å². The Bertz CT molecular complexity index is 454. The van der Waals surface area contributed by atoms with E-state index in [1.165, 1.54) is 4.90 Å². The number of amides is 1. The normalized spacial score (nSPS) is 9.53. The molecule has 1 aromatic carbocycles. The summed E-state index contributed by atoms with van der Waals surface area (Å²) in [6, 6.07) is 9.40. The first-order chi connectivity index (χ1) is 9.17. The van der Waals surface area contributed by atoms with Crippen molar-refractivity contribution in [2.75, 3.05) is 20.2 Å². The largest absolute Gasteiger partial charge is 0.494 e. The number of benzene rings is 1. The molecule has 5 heteroatoms. The average molecular weight is 262 g/mol. The predicted molar refractivity (Wildman–Crippen MR) is 70.7 cm³/mol. The Morgan fingerprint density at radius 3 is 2.95 bits per heavy atom. The Morgan fingerprint density at radius 1 is 1.47 bits per heavy atom. The van der Waals surface area contributed by atoms with Crippen LogP contribution in [0.25, 0.3) is 0 Å². The Kier molecular flexibility index (Phi) is 6.23. The molecule has 0 bridgehead atoms. The summed E-state index contributed by atoms with van der Waals surface area (Å²) >= 11 is 0. The van der Waals surface area contributed by atoms with Crippen molar-refractivity contribution in [2.45, 2.75) is 20.0 Å². The topological polar surface area (TPSA) is 62.6 Å². The lowest BCUT2D eigenvalue weighted by molar-refractivity contribution is 0.105. The van der Waals surface area contributed by atoms with Crippen molar-refractivity contribution in [3.05, 3.63) is 29.8 Å². The van der Waals surface area contributed by atoms with E-state index in [1.54, 1.807) is 7.05 Å². The first-order valence-electron chi connectivity index (χ1n) is 6.14. The molecule has 0 atom stereocenters. The molecule has 0 saturated heterocycles. The number of hydrogen-bond acceptors (Lipinski definition) is 4. The van der Waals surface area contributed by atoms with Crippen LogP contribution in [0.2, 0.25) is 0 Å². The van der Waals surface area contributed by atoms with Gasteiger partial charge >= 0.3 is 6.09 Å². The molecule has 19 heavy (non-hydrogen) atoms. The number of hydrogen-bond donors (Lipinski definition) is 0. The minimum atomic E-state index is -0.433. The smallest absolute Gasteiger partial charge is 0.409 e. The molecule has 0 unspecified atom stereocenters. The van der Waals surface area contributed by atoms with Crippen LogP contribution >= 0.6 is 0 Å². The van der Waals surface area contributed by atoms with Crippen molar-refractivity contribution in [3.63, 3.8) is 0 Å². The second-order valence-corrected chi connectivity index (χ2v) is 3.96. The van der Waals surface area contributed by atoms with E-state index in [4.69, 9.17) is 14.7 Å². The van der Waals surface area contributed by atoms with Gasteiger partial charge in [-0.2, -0.15) is 5.26 Å². The van der Waals surface area contributed by atoms with Crippen LogP contribution in [-0.4, -0.2) is 31.2 Å². The first-order valence-corrected chi connectivity index (χ1v) is 6.14. The van der Waals surface area contributed by atoms with Crippen LogP contribution in [0, 0.1) is 11.3 Å². The lowest BCUT2D eigenvalue weighted by Gasteiger charge is -2.15. The number of ether oxygens (including phenoxy) is 2. The standard InChI is InChI=1S/C14H18N2O3/c1-3-18-13-7-4-6-12(10-13)11-19-14(17)16(2)9-5-8-15/h4,6-7,10H,3,5,9,11H2,1-2H3. The highest BCUT2D eigenvalue weighted by atomic mass is 16.6. The number of nitriles is 1. The van der Waals surface area contributed by atoms with Gasteiger partial charge in [-0.15, -0.1) is 0 Å². The summed E-state index contributed by atoms with van der Waals surface area (Å²) in [5, 5.41) is 8.44. The monoisotopic (exact) mass is 262 g/mol. The Balaban J connectivity index is 2.45. The lowest BCUT2D eigenvalue weighted by Crippen LogP contribution is -2.28. The molecule has 0 heterocycles. The summed E-state index contributed by atoms with van der Waals surface area (Å²) in [6.45, 7) is 3.07. The zero-order chi connectivity index (χ0) is 14.1. The van der Waals surface area contributed by atoms with E-state index in [-0.39, 0.29) is 6.61 Å². The summed E-state index contributed by atoms with van der Waals surface area (Å²) in [5.41, 5.74) is 0.869. The van der Waals surface area contributed by atoms with E-state index in [0.717, 1.165) is 11.3 Å². The molecular formula is C14H18N2O3. The van der Waals surface area contributed by atoms with E-state index in [2.05, 4.69) is 0 Å². The highest BCUT2D eigenvalue weighted by molar-refractivity contribution is 5.67. The summed E-state index contributed by atoms with van der Waals surface area (Å²) in [6.07, 6.45) is -0.136. The summed E-state index contributed by atoms with van der Waals surface area (Å²) < 4.78 is 10.5. The van der Waals surface area contributed by atoms with Gasteiger partial charge in [-0.1, -0.05) is 12.1 Å². The second kappa shape index (κ2) is 7.98. The summed E-state index contributed by atoms with van der Waals surface area (Å²) in [4.78, 5) is 13.0. The third kappa shape index (κ3) is 5.30. The van der Waals surface area contributed by atoms with Gasteiger partial charge < -0.3 is 14.4 Å². The van der Waals surface area contributed by atoms with Gasteiger partial charge in [-0.25, -0.2) is 4.79 Å². The molecular weight excluding hydrogens is 244 g/mol. The maximum Gasteiger partial charge on any atom is 0.409 e. The van der Waals surface area contributed by atoms with Crippen LogP contribution < -0.4 is 4.74 Å². The van der Waals surface area contributed by atoms with Gasteiger partial charge in [0.15, 0.2) is 0 Å². The fourth-order valence-electron chi connectivity index (χ4n) is 1.46. The van der Waals surface area contributed by atoms with Crippen LogP contribution in [0.15, 0.2) is 24.3 Å². The number of rotatable bonds is 6. The van der Waals surface area contributed by atoms with Crippen molar-refractivity contribution in [3.8, 4) is 11.8 Å². The first kappa shape index (κ1) is 14.8. The number of nitrogens with zero attached hydrogens (tertiary/aromatic N) is 2. The third-order valence-electron chi connectivity index (χ3n) is 2.44. The van der Waals surface area contributed by atoms with E-state index >= 15 is 0 Å². The van der Waals surface area contributed by atoms with Crippen LogP contribution in [0.5, 0.6) is 5.75 Å².